The van der Waals surface area contributed by atoms with Gasteiger partial charge in [0, 0.05) is 0 Å². The topological polar surface area (TPSA) is 46.5 Å². The van der Waals surface area contributed by atoms with Crippen LogP contribution >= 0.6 is 11.6 Å². The Hall–Kier alpha value is -1.43. The van der Waals surface area contributed by atoms with E-state index in [1.165, 1.54) is 19.9 Å². The Bertz CT molecular complexity index is 469. The zero-order chi connectivity index (χ0) is 14.1. The van der Waals surface area contributed by atoms with E-state index in [1.807, 2.05) is 0 Å². The van der Waals surface area contributed by atoms with Crippen molar-refractivity contribution in [2.75, 3.05) is 0 Å². The van der Waals surface area contributed by atoms with Gasteiger partial charge in [-0.25, -0.2) is 4.79 Å². The van der Waals surface area contributed by atoms with Gasteiger partial charge in [0.2, 0.25) is 0 Å². The number of hydrogen-bond acceptors (Lipinski definition) is 2. The summed E-state index contributed by atoms with van der Waals surface area (Å²) in [5.74, 6) is -1.50. The lowest BCUT2D eigenvalue weighted by molar-refractivity contribution is -0.152. The molecule has 0 aliphatic carbocycles. The summed E-state index contributed by atoms with van der Waals surface area (Å²) in [6.07, 6.45) is -4.62. The van der Waals surface area contributed by atoms with Crippen LogP contribution in [0.2, 0.25) is 5.02 Å². The van der Waals surface area contributed by atoms with Gasteiger partial charge in [-0.15, -0.1) is 0 Å². The van der Waals surface area contributed by atoms with E-state index in [2.05, 4.69) is 0 Å². The summed E-state index contributed by atoms with van der Waals surface area (Å²) < 4.78 is 42.7. The van der Waals surface area contributed by atoms with Crippen LogP contribution in [0, 0.1) is 0 Å². The van der Waals surface area contributed by atoms with Crippen LogP contribution < -0.4 is 4.74 Å². The van der Waals surface area contributed by atoms with Crippen molar-refractivity contribution in [3.63, 3.8) is 0 Å². The molecule has 100 valence electrons. The van der Waals surface area contributed by atoms with Gasteiger partial charge < -0.3 is 9.84 Å². The SMILES string of the molecule is CC(C)(Oc1ccc(Cl)c(C(F)(F)F)c1)C(=O)O. The van der Waals surface area contributed by atoms with Gasteiger partial charge in [0.15, 0.2) is 5.60 Å². The maximum absolute atomic E-state index is 12.6. The zero-order valence-electron chi connectivity index (χ0n) is 9.51. The molecule has 0 aliphatic heterocycles. The van der Waals surface area contributed by atoms with Gasteiger partial charge in [-0.05, 0) is 32.0 Å². The minimum Gasteiger partial charge on any atom is -0.478 e. The maximum Gasteiger partial charge on any atom is 0.417 e. The summed E-state index contributed by atoms with van der Waals surface area (Å²) in [6.45, 7) is 2.47. The van der Waals surface area contributed by atoms with E-state index in [0.717, 1.165) is 6.07 Å². The number of alkyl halides is 3. The molecule has 0 saturated heterocycles. The molecule has 0 radical (unpaired) electrons. The van der Waals surface area contributed by atoms with E-state index in [4.69, 9.17) is 21.4 Å². The summed E-state index contributed by atoms with van der Waals surface area (Å²) in [5, 5.41) is 8.34. The van der Waals surface area contributed by atoms with Crippen molar-refractivity contribution in [1.29, 1.82) is 0 Å². The number of halogens is 4. The number of carbonyl (C=O) groups is 1. The van der Waals surface area contributed by atoms with E-state index in [0.29, 0.717) is 6.07 Å². The minimum atomic E-state index is -4.62. The second kappa shape index (κ2) is 4.68. The monoisotopic (exact) mass is 282 g/mol. The molecule has 1 N–H and O–H groups in total. The third kappa shape index (κ3) is 3.29. The normalized spacial score (nSPS) is 12.3. The molecule has 7 heteroatoms. The molecule has 0 aliphatic rings. The van der Waals surface area contributed by atoms with E-state index in [1.54, 1.807) is 0 Å². The molecule has 0 fully saturated rings. The quantitative estimate of drug-likeness (QED) is 0.921. The van der Waals surface area contributed by atoms with Crippen LogP contribution in [0.4, 0.5) is 13.2 Å². The summed E-state index contributed by atoms with van der Waals surface area (Å²) in [4.78, 5) is 10.8. The van der Waals surface area contributed by atoms with Crippen LogP contribution in [0.15, 0.2) is 18.2 Å². The molecule has 0 unspecified atom stereocenters. The predicted octanol–water partition coefficient (Wildman–Crippen LogP) is 3.60. The van der Waals surface area contributed by atoms with Gasteiger partial charge in [0.25, 0.3) is 0 Å². The molecule has 0 bridgehead atoms. The second-order valence-corrected chi connectivity index (χ2v) is 4.46. The van der Waals surface area contributed by atoms with E-state index >= 15 is 0 Å². The van der Waals surface area contributed by atoms with Gasteiger partial charge in [-0.2, -0.15) is 13.2 Å². The third-order valence-electron chi connectivity index (χ3n) is 2.13. The largest absolute Gasteiger partial charge is 0.478 e. The molecule has 0 aromatic heterocycles. The van der Waals surface area contributed by atoms with Crippen LogP contribution in [0.1, 0.15) is 19.4 Å². The Morgan fingerprint density at radius 1 is 1.33 bits per heavy atom. The number of carboxylic acid groups (broad SMARTS) is 1. The first kappa shape index (κ1) is 14.6. The van der Waals surface area contributed by atoms with Crippen LogP contribution in [0.3, 0.4) is 0 Å². The summed E-state index contributed by atoms with van der Waals surface area (Å²) >= 11 is 5.42. The smallest absolute Gasteiger partial charge is 0.417 e. The van der Waals surface area contributed by atoms with Crippen molar-refractivity contribution >= 4 is 17.6 Å². The standard InChI is InChI=1S/C11H10ClF3O3/c1-10(2,9(16)17)18-6-3-4-8(12)7(5-6)11(13,14)15/h3-5H,1-2H3,(H,16,17). The highest BCUT2D eigenvalue weighted by molar-refractivity contribution is 6.31. The fraction of sp³-hybridized carbons (Fsp3) is 0.364. The lowest BCUT2D eigenvalue weighted by Gasteiger charge is -2.22. The van der Waals surface area contributed by atoms with Crippen molar-refractivity contribution in [1.82, 2.24) is 0 Å². The van der Waals surface area contributed by atoms with Crippen LogP contribution in [0.25, 0.3) is 0 Å². The Balaban J connectivity index is 3.11. The molecule has 1 rings (SSSR count). The summed E-state index contributed by atoms with van der Waals surface area (Å²) in [6, 6.07) is 2.87. The van der Waals surface area contributed by atoms with Crippen molar-refractivity contribution in [3.05, 3.63) is 28.8 Å². The first-order chi connectivity index (χ1) is 8.04. The number of benzene rings is 1. The van der Waals surface area contributed by atoms with Gasteiger partial charge in [-0.3, -0.25) is 0 Å². The third-order valence-corrected chi connectivity index (χ3v) is 2.46. The number of hydrogen-bond donors (Lipinski definition) is 1. The highest BCUT2D eigenvalue weighted by Crippen LogP contribution is 2.37. The highest BCUT2D eigenvalue weighted by atomic mass is 35.5. The van der Waals surface area contributed by atoms with Crippen molar-refractivity contribution in [2.24, 2.45) is 0 Å². The molecule has 3 nitrogen and oxygen atoms in total. The molecular weight excluding hydrogens is 273 g/mol. The molecule has 1 aromatic rings. The average Bonchev–Trinajstić information content (AvgIpc) is 2.18. The zero-order valence-corrected chi connectivity index (χ0v) is 10.3. The Kier molecular flexibility index (Phi) is 3.81. The Morgan fingerprint density at radius 2 is 1.89 bits per heavy atom. The van der Waals surface area contributed by atoms with E-state index < -0.39 is 28.3 Å². The number of rotatable bonds is 3. The van der Waals surface area contributed by atoms with E-state index in [-0.39, 0.29) is 5.75 Å². The molecule has 0 amide bonds. The lowest BCUT2D eigenvalue weighted by atomic mass is 10.1. The fourth-order valence-corrected chi connectivity index (χ4v) is 1.35. The van der Waals surface area contributed by atoms with E-state index in [9.17, 15) is 18.0 Å². The molecule has 0 saturated carbocycles. The first-order valence-corrected chi connectivity index (χ1v) is 5.21. The molecular formula is C11H10ClF3O3. The number of ether oxygens (including phenoxy) is 1. The first-order valence-electron chi connectivity index (χ1n) is 4.83. The van der Waals surface area contributed by atoms with Crippen LogP contribution in [-0.4, -0.2) is 16.7 Å². The molecule has 0 atom stereocenters. The molecule has 18 heavy (non-hydrogen) atoms. The highest BCUT2D eigenvalue weighted by Gasteiger charge is 2.35. The molecule has 1 aromatic carbocycles. The minimum absolute atomic E-state index is 0.209. The maximum atomic E-state index is 12.6. The van der Waals surface area contributed by atoms with Crippen LogP contribution in [0.5, 0.6) is 5.75 Å². The molecule has 0 heterocycles. The number of aliphatic carboxylic acids is 1. The van der Waals surface area contributed by atoms with Gasteiger partial charge in [0.05, 0.1) is 10.6 Å². The fourth-order valence-electron chi connectivity index (χ4n) is 1.12. The molecule has 0 spiro atoms. The van der Waals surface area contributed by atoms with Crippen LogP contribution in [-0.2, 0) is 11.0 Å². The Labute approximate surface area is 106 Å². The Morgan fingerprint density at radius 3 is 2.33 bits per heavy atom. The lowest BCUT2D eigenvalue weighted by Crippen LogP contribution is -2.37. The average molecular weight is 283 g/mol. The number of carboxylic acids is 1. The summed E-state index contributed by atoms with van der Waals surface area (Å²) in [7, 11) is 0. The van der Waals surface area contributed by atoms with Crippen molar-refractivity contribution in [3.8, 4) is 5.75 Å². The predicted molar refractivity (Wildman–Crippen MR) is 58.8 cm³/mol. The van der Waals surface area contributed by atoms with Crippen molar-refractivity contribution in [2.45, 2.75) is 25.6 Å². The summed E-state index contributed by atoms with van der Waals surface area (Å²) in [5.41, 5.74) is -2.70. The van der Waals surface area contributed by atoms with Gasteiger partial charge >= 0.3 is 12.1 Å². The second-order valence-electron chi connectivity index (χ2n) is 4.06. The van der Waals surface area contributed by atoms with Crippen molar-refractivity contribution < 1.29 is 27.8 Å². The van der Waals surface area contributed by atoms with Gasteiger partial charge in [0.1, 0.15) is 5.75 Å². The van der Waals surface area contributed by atoms with Gasteiger partial charge in [-0.1, -0.05) is 11.6 Å².